The highest BCUT2D eigenvalue weighted by molar-refractivity contribution is 5.73. The van der Waals surface area contributed by atoms with E-state index >= 15 is 0 Å². The molecule has 6 heteroatoms. The molecule has 5 rings (SSSR count). The molecule has 1 unspecified atom stereocenters. The molecule has 1 spiro atoms. The number of esters is 2. The van der Waals surface area contributed by atoms with Gasteiger partial charge in [-0.15, -0.1) is 0 Å². The first kappa shape index (κ1) is 16.8. The fourth-order valence-corrected chi connectivity index (χ4v) is 5.74. The van der Waals surface area contributed by atoms with Gasteiger partial charge in [-0.25, -0.2) is 0 Å². The molecule has 2 aliphatic carbocycles. The second kappa shape index (κ2) is 5.58. The SMILES string of the molecule is CC(=O)Oc1ccc2c3c1O[C@@H]1[C@@H](OC(C)=O)C=CC4[C@H](C2)N(C)CC[C@]341. The third kappa shape index (κ3) is 2.16. The van der Waals surface area contributed by atoms with Crippen LogP contribution in [0.25, 0.3) is 0 Å². The van der Waals surface area contributed by atoms with E-state index in [0.717, 1.165) is 24.9 Å². The van der Waals surface area contributed by atoms with Crippen LogP contribution in [-0.4, -0.2) is 48.7 Å². The lowest BCUT2D eigenvalue weighted by Gasteiger charge is -2.56. The number of ether oxygens (including phenoxy) is 3. The summed E-state index contributed by atoms with van der Waals surface area (Å²) in [6.07, 6.45) is 5.31. The summed E-state index contributed by atoms with van der Waals surface area (Å²) in [6.45, 7) is 3.77. The molecule has 1 aromatic carbocycles. The van der Waals surface area contributed by atoms with E-state index < -0.39 is 6.10 Å². The van der Waals surface area contributed by atoms with E-state index in [2.05, 4.69) is 24.1 Å². The van der Waals surface area contributed by atoms with Crippen LogP contribution in [0.3, 0.4) is 0 Å². The minimum Gasteiger partial charge on any atom is -0.481 e. The number of likely N-dealkylation sites (N-methyl/N-ethyl adjacent to an activating group) is 1. The van der Waals surface area contributed by atoms with Crippen molar-refractivity contribution in [3.05, 3.63) is 35.4 Å². The lowest BCUT2D eigenvalue weighted by atomic mass is 9.53. The molecule has 1 fully saturated rings. The molecule has 142 valence electrons. The molecule has 4 aliphatic rings. The Morgan fingerprint density at radius 1 is 1.22 bits per heavy atom. The number of benzene rings is 1. The van der Waals surface area contributed by atoms with Crippen LogP contribution in [0.5, 0.6) is 11.5 Å². The molecule has 0 amide bonds. The van der Waals surface area contributed by atoms with E-state index in [-0.39, 0.29) is 29.4 Å². The van der Waals surface area contributed by atoms with E-state index in [9.17, 15) is 9.59 Å². The van der Waals surface area contributed by atoms with Gasteiger partial charge in [0, 0.05) is 36.8 Å². The highest BCUT2D eigenvalue weighted by Crippen LogP contribution is 2.62. The summed E-state index contributed by atoms with van der Waals surface area (Å²) < 4.78 is 17.5. The van der Waals surface area contributed by atoms with E-state index in [1.165, 1.54) is 19.4 Å². The Morgan fingerprint density at radius 3 is 2.78 bits per heavy atom. The van der Waals surface area contributed by atoms with Crippen molar-refractivity contribution in [3.63, 3.8) is 0 Å². The molecule has 0 N–H and O–H groups in total. The normalized spacial score (nSPS) is 35.2. The fraction of sp³-hybridized carbons (Fsp3) is 0.524. The third-order valence-electron chi connectivity index (χ3n) is 6.67. The second-order valence-electron chi connectivity index (χ2n) is 8.09. The summed E-state index contributed by atoms with van der Waals surface area (Å²) in [5.41, 5.74) is 2.15. The Hall–Kier alpha value is -2.34. The number of piperidine rings is 1. The zero-order valence-electron chi connectivity index (χ0n) is 15.7. The van der Waals surface area contributed by atoms with Crippen molar-refractivity contribution in [2.45, 2.75) is 50.4 Å². The molecular formula is C21H23NO5. The van der Waals surface area contributed by atoms with Gasteiger partial charge in [-0.05, 0) is 44.1 Å². The summed E-state index contributed by atoms with van der Waals surface area (Å²) in [5.74, 6) is 0.712. The third-order valence-corrected chi connectivity index (χ3v) is 6.67. The molecule has 0 saturated carbocycles. The van der Waals surface area contributed by atoms with Crippen molar-refractivity contribution in [2.75, 3.05) is 13.6 Å². The minimum absolute atomic E-state index is 0.245. The van der Waals surface area contributed by atoms with Crippen molar-refractivity contribution < 1.29 is 23.8 Å². The quantitative estimate of drug-likeness (QED) is 0.451. The lowest BCUT2D eigenvalue weighted by Crippen LogP contribution is -2.65. The number of hydrogen-bond donors (Lipinski definition) is 0. The zero-order chi connectivity index (χ0) is 18.9. The monoisotopic (exact) mass is 369 g/mol. The van der Waals surface area contributed by atoms with Crippen LogP contribution < -0.4 is 9.47 Å². The summed E-state index contributed by atoms with van der Waals surface area (Å²) in [6, 6.07) is 4.28. The first-order chi connectivity index (χ1) is 12.9. The van der Waals surface area contributed by atoms with Crippen LogP contribution in [0, 0.1) is 5.92 Å². The van der Waals surface area contributed by atoms with E-state index in [0.29, 0.717) is 17.5 Å². The molecule has 27 heavy (non-hydrogen) atoms. The topological polar surface area (TPSA) is 65.1 Å². The van der Waals surface area contributed by atoms with Gasteiger partial charge in [0.2, 0.25) is 0 Å². The number of likely N-dealkylation sites (tertiary alicyclic amines) is 1. The highest BCUT2D eigenvalue weighted by atomic mass is 16.6. The lowest BCUT2D eigenvalue weighted by molar-refractivity contribution is -0.152. The van der Waals surface area contributed by atoms with Crippen LogP contribution in [0.2, 0.25) is 0 Å². The molecular weight excluding hydrogens is 346 g/mol. The van der Waals surface area contributed by atoms with Gasteiger partial charge in [0.15, 0.2) is 17.6 Å². The predicted octanol–water partition coefficient (Wildman–Crippen LogP) is 1.99. The van der Waals surface area contributed by atoms with Gasteiger partial charge in [-0.2, -0.15) is 0 Å². The molecule has 2 heterocycles. The smallest absolute Gasteiger partial charge is 0.308 e. The van der Waals surface area contributed by atoms with Crippen molar-refractivity contribution in [3.8, 4) is 11.5 Å². The first-order valence-electron chi connectivity index (χ1n) is 9.49. The number of hydrogen-bond acceptors (Lipinski definition) is 6. The molecule has 1 aromatic rings. The van der Waals surface area contributed by atoms with Crippen molar-refractivity contribution in [2.24, 2.45) is 5.92 Å². The molecule has 2 bridgehead atoms. The first-order valence-corrected chi connectivity index (χ1v) is 9.49. The summed E-state index contributed by atoms with van der Waals surface area (Å²) >= 11 is 0. The number of carbonyl (C=O) groups excluding carboxylic acids is 2. The number of nitrogens with zero attached hydrogens (tertiary/aromatic N) is 1. The summed E-state index contributed by atoms with van der Waals surface area (Å²) in [5, 5.41) is 0. The Balaban J connectivity index is 1.71. The Labute approximate surface area is 158 Å². The van der Waals surface area contributed by atoms with Gasteiger partial charge in [0.05, 0.1) is 0 Å². The van der Waals surface area contributed by atoms with Gasteiger partial charge in [0.25, 0.3) is 0 Å². The van der Waals surface area contributed by atoms with Crippen LogP contribution in [0.15, 0.2) is 24.3 Å². The van der Waals surface area contributed by atoms with Crippen molar-refractivity contribution in [1.29, 1.82) is 0 Å². The minimum atomic E-state index is -0.439. The standard InChI is InChI=1S/C21H23NO5/c1-11(23)25-16-6-4-13-10-15-14-5-7-17(26-12(2)24)20-21(14,8-9-22(15)3)18(13)19(16)27-20/h4-7,14-15,17,20H,8-10H2,1-3H3/t14?,15-,17-,20+,21+/m0/s1. The maximum absolute atomic E-state index is 11.7. The van der Waals surface area contributed by atoms with Crippen LogP contribution in [0.1, 0.15) is 31.4 Å². The molecule has 2 aliphatic heterocycles. The summed E-state index contributed by atoms with van der Waals surface area (Å²) in [7, 11) is 2.17. The Kier molecular flexibility index (Phi) is 3.47. The van der Waals surface area contributed by atoms with Gasteiger partial charge in [-0.1, -0.05) is 12.1 Å². The van der Waals surface area contributed by atoms with Gasteiger partial charge in [0.1, 0.15) is 6.10 Å². The molecule has 0 aromatic heterocycles. The fourth-order valence-electron chi connectivity index (χ4n) is 5.74. The second-order valence-corrected chi connectivity index (χ2v) is 8.09. The van der Waals surface area contributed by atoms with E-state index in [1.807, 2.05) is 12.1 Å². The van der Waals surface area contributed by atoms with Gasteiger partial charge < -0.3 is 19.1 Å². The number of rotatable bonds is 2. The van der Waals surface area contributed by atoms with Gasteiger partial charge >= 0.3 is 11.9 Å². The molecule has 6 nitrogen and oxygen atoms in total. The largest absolute Gasteiger partial charge is 0.481 e. The summed E-state index contributed by atoms with van der Waals surface area (Å²) in [4.78, 5) is 25.7. The van der Waals surface area contributed by atoms with Crippen LogP contribution >= 0.6 is 0 Å². The Bertz CT molecular complexity index is 878. The maximum Gasteiger partial charge on any atom is 0.308 e. The van der Waals surface area contributed by atoms with Crippen molar-refractivity contribution >= 4 is 11.9 Å². The zero-order valence-corrected chi connectivity index (χ0v) is 15.7. The average Bonchev–Trinajstić information content (AvgIpc) is 2.95. The average molecular weight is 369 g/mol. The van der Waals surface area contributed by atoms with Crippen molar-refractivity contribution in [1.82, 2.24) is 4.90 Å². The van der Waals surface area contributed by atoms with Crippen LogP contribution in [-0.2, 0) is 26.2 Å². The maximum atomic E-state index is 11.7. The number of carbonyl (C=O) groups is 2. The van der Waals surface area contributed by atoms with E-state index in [4.69, 9.17) is 14.2 Å². The molecule has 0 radical (unpaired) electrons. The van der Waals surface area contributed by atoms with Gasteiger partial charge in [-0.3, -0.25) is 9.59 Å². The molecule has 1 saturated heterocycles. The predicted molar refractivity (Wildman–Crippen MR) is 96.8 cm³/mol. The molecule has 5 atom stereocenters. The van der Waals surface area contributed by atoms with Crippen LogP contribution in [0.4, 0.5) is 0 Å². The highest BCUT2D eigenvalue weighted by Gasteiger charge is 2.65. The Morgan fingerprint density at radius 2 is 2.04 bits per heavy atom. The van der Waals surface area contributed by atoms with E-state index in [1.54, 1.807) is 0 Å².